The van der Waals surface area contributed by atoms with Crippen LogP contribution in [0.1, 0.15) is 31.5 Å². The Labute approximate surface area is 135 Å². The van der Waals surface area contributed by atoms with Crippen LogP contribution in [0.5, 0.6) is 0 Å². The van der Waals surface area contributed by atoms with Gasteiger partial charge in [-0.25, -0.2) is 0 Å². The summed E-state index contributed by atoms with van der Waals surface area (Å²) in [5.41, 5.74) is 1.10. The molecule has 5 rings (SSSR count). The molecule has 1 aliphatic carbocycles. The summed E-state index contributed by atoms with van der Waals surface area (Å²) in [6, 6.07) is 10.9. The van der Waals surface area contributed by atoms with E-state index < -0.39 is 0 Å². The molecule has 3 aliphatic rings. The van der Waals surface area contributed by atoms with Crippen molar-refractivity contribution in [2.24, 2.45) is 5.92 Å². The lowest BCUT2D eigenvalue weighted by Crippen LogP contribution is -2.42. The lowest BCUT2D eigenvalue weighted by Gasteiger charge is -2.28. The molecule has 2 unspecified atom stereocenters. The fourth-order valence-electron chi connectivity index (χ4n) is 4.14. The van der Waals surface area contributed by atoms with E-state index in [-0.39, 0.29) is 0 Å². The summed E-state index contributed by atoms with van der Waals surface area (Å²) in [6.45, 7) is 0.835. The second kappa shape index (κ2) is 4.91. The van der Waals surface area contributed by atoms with Crippen LogP contribution in [0.15, 0.2) is 30.3 Å². The Kier molecular flexibility index (Phi) is 2.84. The van der Waals surface area contributed by atoms with Gasteiger partial charge in [-0.3, -0.25) is 4.79 Å². The Morgan fingerprint density at radius 2 is 1.78 bits per heavy atom. The van der Waals surface area contributed by atoms with E-state index in [9.17, 15) is 4.79 Å². The van der Waals surface area contributed by atoms with Crippen molar-refractivity contribution in [1.82, 2.24) is 19.7 Å². The number of hydrogen-bond donors (Lipinski definition) is 0. The molecule has 0 radical (unpaired) electrons. The summed E-state index contributed by atoms with van der Waals surface area (Å²) in [5.74, 6) is 2.66. The molecule has 0 spiro atoms. The summed E-state index contributed by atoms with van der Waals surface area (Å²) in [4.78, 5) is 14.9. The van der Waals surface area contributed by atoms with Crippen LogP contribution < -0.4 is 0 Å². The Bertz CT molecular complexity index is 750. The van der Waals surface area contributed by atoms with Gasteiger partial charge < -0.3 is 9.47 Å². The van der Waals surface area contributed by atoms with Crippen LogP contribution in [0.3, 0.4) is 0 Å². The minimum absolute atomic E-state index is 0.301. The van der Waals surface area contributed by atoms with Gasteiger partial charge in [0, 0.05) is 30.5 Å². The molecular weight excluding hydrogens is 288 g/mol. The molecule has 5 nitrogen and oxygen atoms in total. The Morgan fingerprint density at radius 3 is 2.57 bits per heavy atom. The zero-order valence-corrected chi connectivity index (χ0v) is 13.1. The first-order chi connectivity index (χ1) is 11.3. The molecular formula is C18H20N4O. The number of benzene rings is 1. The number of rotatable bonds is 2. The van der Waals surface area contributed by atoms with Gasteiger partial charge in [0.25, 0.3) is 0 Å². The number of amides is 1. The van der Waals surface area contributed by atoms with Gasteiger partial charge in [0.05, 0.1) is 6.04 Å². The van der Waals surface area contributed by atoms with Crippen LogP contribution in [0.2, 0.25) is 0 Å². The molecule has 1 aromatic carbocycles. The lowest BCUT2D eigenvalue weighted by molar-refractivity contribution is -0.135. The maximum Gasteiger partial charge on any atom is 0.226 e. The summed E-state index contributed by atoms with van der Waals surface area (Å²) < 4.78 is 2.24. The Hall–Kier alpha value is -2.17. The monoisotopic (exact) mass is 308 g/mol. The van der Waals surface area contributed by atoms with Gasteiger partial charge in [-0.05, 0) is 25.7 Å². The van der Waals surface area contributed by atoms with Gasteiger partial charge in [0.15, 0.2) is 5.82 Å². The van der Waals surface area contributed by atoms with Crippen molar-refractivity contribution in [3.05, 3.63) is 36.2 Å². The molecule has 23 heavy (non-hydrogen) atoms. The lowest BCUT2D eigenvalue weighted by atomic mass is 10.1. The van der Waals surface area contributed by atoms with Gasteiger partial charge in [0.2, 0.25) is 5.91 Å². The number of fused-ring (bicyclic) bond motifs is 3. The van der Waals surface area contributed by atoms with Gasteiger partial charge in [0.1, 0.15) is 5.82 Å². The Morgan fingerprint density at radius 1 is 1.00 bits per heavy atom. The van der Waals surface area contributed by atoms with Gasteiger partial charge in [-0.15, -0.1) is 10.2 Å². The number of nitrogens with zero attached hydrogens (tertiary/aromatic N) is 4. The zero-order valence-electron chi connectivity index (χ0n) is 13.1. The molecule has 2 fully saturated rings. The molecule has 1 saturated carbocycles. The standard InChI is InChI=1S/C18H20N4O/c23-18(13-6-7-13)22-14-8-9-15(22)11-21-16(10-14)19-20-17(21)12-4-2-1-3-5-12/h1-5,13-15H,6-11H2. The number of carbonyl (C=O) groups is 1. The normalized spacial score (nSPS) is 26.0. The highest BCUT2D eigenvalue weighted by Crippen LogP contribution is 2.39. The van der Waals surface area contributed by atoms with Crippen molar-refractivity contribution in [3.8, 4) is 11.4 Å². The fourth-order valence-corrected chi connectivity index (χ4v) is 4.14. The molecule has 2 aromatic rings. The predicted molar refractivity (Wildman–Crippen MR) is 85.5 cm³/mol. The van der Waals surface area contributed by atoms with E-state index in [4.69, 9.17) is 0 Å². The highest BCUT2D eigenvalue weighted by atomic mass is 16.2. The summed E-state index contributed by atoms with van der Waals surface area (Å²) in [5, 5.41) is 8.87. The molecule has 1 saturated heterocycles. The van der Waals surface area contributed by atoms with E-state index >= 15 is 0 Å². The largest absolute Gasteiger partial charge is 0.334 e. The molecule has 5 heteroatoms. The van der Waals surface area contributed by atoms with Crippen LogP contribution in [-0.4, -0.2) is 37.7 Å². The first kappa shape index (κ1) is 13.3. The van der Waals surface area contributed by atoms with E-state index in [2.05, 4.69) is 31.8 Å². The molecule has 2 aliphatic heterocycles. The van der Waals surface area contributed by atoms with E-state index in [1.807, 2.05) is 18.2 Å². The number of carbonyl (C=O) groups excluding carboxylic acids is 1. The van der Waals surface area contributed by atoms with E-state index in [1.54, 1.807) is 0 Å². The summed E-state index contributed by atoms with van der Waals surface area (Å²) >= 11 is 0. The second-order valence-electron chi connectivity index (χ2n) is 7.03. The molecule has 1 aromatic heterocycles. The smallest absolute Gasteiger partial charge is 0.226 e. The SMILES string of the molecule is O=C(C1CC1)N1C2CCC1Cn1c(nnc1-c1ccccc1)C2. The first-order valence-corrected chi connectivity index (χ1v) is 8.61. The van der Waals surface area contributed by atoms with Crippen LogP contribution in [0, 0.1) is 5.92 Å². The summed E-state index contributed by atoms with van der Waals surface area (Å²) in [7, 11) is 0. The third-order valence-electron chi connectivity index (χ3n) is 5.47. The topological polar surface area (TPSA) is 51.0 Å². The van der Waals surface area contributed by atoms with Crippen molar-refractivity contribution >= 4 is 5.91 Å². The van der Waals surface area contributed by atoms with Crippen molar-refractivity contribution in [2.45, 2.75) is 50.7 Å². The highest BCUT2D eigenvalue weighted by Gasteiger charge is 2.45. The zero-order chi connectivity index (χ0) is 15.4. The predicted octanol–water partition coefficient (Wildman–Crippen LogP) is 2.27. The van der Waals surface area contributed by atoms with Gasteiger partial charge >= 0.3 is 0 Å². The third-order valence-corrected chi connectivity index (χ3v) is 5.47. The van der Waals surface area contributed by atoms with E-state index in [1.165, 1.54) is 0 Å². The quantitative estimate of drug-likeness (QED) is 0.855. The molecule has 2 bridgehead atoms. The van der Waals surface area contributed by atoms with Gasteiger partial charge in [-0.2, -0.15) is 0 Å². The number of hydrogen-bond acceptors (Lipinski definition) is 3. The summed E-state index contributed by atoms with van der Waals surface area (Å²) in [6.07, 6.45) is 5.22. The minimum Gasteiger partial charge on any atom is -0.334 e. The molecule has 0 N–H and O–H groups in total. The molecule has 3 heterocycles. The van der Waals surface area contributed by atoms with Crippen LogP contribution in [0.25, 0.3) is 11.4 Å². The molecule has 1 amide bonds. The van der Waals surface area contributed by atoms with Crippen molar-refractivity contribution in [1.29, 1.82) is 0 Å². The van der Waals surface area contributed by atoms with Crippen molar-refractivity contribution in [3.63, 3.8) is 0 Å². The van der Waals surface area contributed by atoms with Crippen LogP contribution >= 0.6 is 0 Å². The highest BCUT2D eigenvalue weighted by molar-refractivity contribution is 5.82. The maximum absolute atomic E-state index is 12.7. The van der Waals surface area contributed by atoms with E-state index in [0.717, 1.165) is 55.9 Å². The van der Waals surface area contributed by atoms with Crippen molar-refractivity contribution < 1.29 is 4.79 Å². The average Bonchev–Trinajstić information content (AvgIpc) is 3.28. The molecule has 2 atom stereocenters. The Balaban J connectivity index is 1.51. The fraction of sp³-hybridized carbons (Fsp3) is 0.500. The average molecular weight is 308 g/mol. The third kappa shape index (κ3) is 2.10. The first-order valence-electron chi connectivity index (χ1n) is 8.61. The second-order valence-corrected chi connectivity index (χ2v) is 7.03. The van der Waals surface area contributed by atoms with Gasteiger partial charge in [-0.1, -0.05) is 30.3 Å². The van der Waals surface area contributed by atoms with Crippen LogP contribution in [0.4, 0.5) is 0 Å². The van der Waals surface area contributed by atoms with Crippen LogP contribution in [-0.2, 0) is 17.8 Å². The maximum atomic E-state index is 12.7. The molecule has 118 valence electrons. The minimum atomic E-state index is 0.301. The van der Waals surface area contributed by atoms with E-state index in [0.29, 0.717) is 23.9 Å². The van der Waals surface area contributed by atoms with Crippen molar-refractivity contribution in [2.75, 3.05) is 0 Å². The number of aromatic nitrogens is 3.